The molecule has 0 saturated heterocycles. The van der Waals surface area contributed by atoms with Gasteiger partial charge in [0.2, 0.25) is 5.91 Å². The smallest absolute Gasteiger partial charge is 0.230 e. The molecule has 0 fully saturated rings. The minimum atomic E-state index is -0.261. The third-order valence-corrected chi connectivity index (χ3v) is 2.62. The number of nitrogen functional groups attached to an aromatic ring is 1. The lowest BCUT2D eigenvalue weighted by Crippen LogP contribution is -2.16. The summed E-state index contributed by atoms with van der Waals surface area (Å²) in [5.74, 6) is -0.143. The van der Waals surface area contributed by atoms with E-state index in [4.69, 9.17) is 17.3 Å². The van der Waals surface area contributed by atoms with E-state index in [2.05, 4.69) is 20.3 Å². The molecular weight excluding hydrogens is 256 g/mol. The molecule has 0 radical (unpaired) electrons. The first kappa shape index (κ1) is 12.4. The van der Waals surface area contributed by atoms with Crippen molar-refractivity contribution in [1.29, 1.82) is 0 Å². The highest BCUT2D eigenvalue weighted by atomic mass is 35.5. The number of rotatable bonds is 3. The summed E-state index contributed by atoms with van der Waals surface area (Å²) in [4.78, 5) is 11.8. The van der Waals surface area contributed by atoms with Gasteiger partial charge in [-0.1, -0.05) is 22.8 Å². The van der Waals surface area contributed by atoms with Crippen LogP contribution in [0.3, 0.4) is 0 Å². The van der Waals surface area contributed by atoms with Crippen LogP contribution in [0.15, 0.2) is 22.8 Å². The van der Waals surface area contributed by atoms with E-state index in [1.54, 1.807) is 12.1 Å². The van der Waals surface area contributed by atoms with E-state index in [0.717, 1.165) is 5.56 Å². The van der Waals surface area contributed by atoms with Crippen LogP contribution in [0, 0.1) is 6.92 Å². The molecule has 18 heavy (non-hydrogen) atoms. The minimum Gasteiger partial charge on any atom is -0.379 e. The molecular formula is C11H11ClN4O2. The topological polar surface area (TPSA) is 94.0 Å². The summed E-state index contributed by atoms with van der Waals surface area (Å²) in [5, 5.41) is 10.2. The molecule has 6 nitrogen and oxygen atoms in total. The van der Waals surface area contributed by atoms with Gasteiger partial charge in [-0.25, -0.2) is 4.63 Å². The van der Waals surface area contributed by atoms with E-state index in [1.165, 1.54) is 0 Å². The van der Waals surface area contributed by atoms with Crippen molar-refractivity contribution in [1.82, 2.24) is 10.3 Å². The lowest BCUT2D eigenvalue weighted by atomic mass is 10.2. The van der Waals surface area contributed by atoms with Gasteiger partial charge in [-0.15, -0.1) is 0 Å². The van der Waals surface area contributed by atoms with E-state index in [1.807, 2.05) is 13.0 Å². The van der Waals surface area contributed by atoms with Gasteiger partial charge < -0.3 is 11.1 Å². The number of hydrogen-bond acceptors (Lipinski definition) is 5. The highest BCUT2D eigenvalue weighted by Crippen LogP contribution is 2.20. The van der Waals surface area contributed by atoms with Crippen LogP contribution >= 0.6 is 11.6 Å². The Kier molecular flexibility index (Phi) is 3.47. The molecule has 2 rings (SSSR count). The molecule has 1 amide bonds. The number of hydrogen-bond donors (Lipinski definition) is 2. The van der Waals surface area contributed by atoms with Crippen molar-refractivity contribution in [2.45, 2.75) is 13.3 Å². The van der Waals surface area contributed by atoms with Gasteiger partial charge in [-0.2, -0.15) is 0 Å². The number of aromatic nitrogens is 2. The zero-order chi connectivity index (χ0) is 13.1. The van der Waals surface area contributed by atoms with Gasteiger partial charge in [0, 0.05) is 10.7 Å². The van der Waals surface area contributed by atoms with E-state index in [-0.39, 0.29) is 18.1 Å². The largest absolute Gasteiger partial charge is 0.379 e. The molecule has 2 aromatic rings. The number of aryl methyl sites for hydroxylation is 1. The first-order valence-electron chi connectivity index (χ1n) is 5.19. The first-order valence-corrected chi connectivity index (χ1v) is 5.57. The number of carbonyl (C=O) groups is 1. The molecule has 0 aliphatic carbocycles. The molecule has 1 aromatic carbocycles. The summed E-state index contributed by atoms with van der Waals surface area (Å²) < 4.78 is 4.41. The Hall–Kier alpha value is -2.08. The standard InChI is InChI=1S/C11H11ClN4O2/c1-6-2-3-7(12)4-8(6)14-10(17)5-9-11(13)16-18-15-9/h2-4H,5H2,1H3,(H2,13,16)(H,14,17). The number of benzene rings is 1. The van der Waals surface area contributed by atoms with E-state index >= 15 is 0 Å². The Morgan fingerprint density at radius 2 is 2.28 bits per heavy atom. The Balaban J connectivity index is 2.08. The fourth-order valence-corrected chi connectivity index (χ4v) is 1.58. The molecule has 94 valence electrons. The monoisotopic (exact) mass is 266 g/mol. The van der Waals surface area contributed by atoms with E-state index in [0.29, 0.717) is 16.4 Å². The van der Waals surface area contributed by atoms with Gasteiger partial charge in [-0.05, 0) is 29.8 Å². The maximum Gasteiger partial charge on any atom is 0.230 e. The predicted octanol–water partition coefficient (Wildman–Crippen LogP) is 1.79. The van der Waals surface area contributed by atoms with Crippen LogP contribution < -0.4 is 11.1 Å². The zero-order valence-electron chi connectivity index (χ0n) is 9.61. The van der Waals surface area contributed by atoms with Crippen LogP contribution in [-0.2, 0) is 11.2 Å². The molecule has 0 bridgehead atoms. The number of anilines is 2. The predicted molar refractivity (Wildman–Crippen MR) is 67.2 cm³/mol. The SMILES string of the molecule is Cc1ccc(Cl)cc1NC(=O)Cc1nonc1N. The van der Waals surface area contributed by atoms with Gasteiger partial charge in [0.05, 0.1) is 6.42 Å². The van der Waals surface area contributed by atoms with Crippen LogP contribution in [0.5, 0.6) is 0 Å². The number of carbonyl (C=O) groups excluding carboxylic acids is 1. The molecule has 0 saturated carbocycles. The van der Waals surface area contributed by atoms with Crippen LogP contribution in [0.25, 0.3) is 0 Å². The fraction of sp³-hybridized carbons (Fsp3) is 0.182. The first-order chi connectivity index (χ1) is 8.56. The van der Waals surface area contributed by atoms with Gasteiger partial charge >= 0.3 is 0 Å². The number of nitrogens with two attached hydrogens (primary N) is 1. The second kappa shape index (κ2) is 5.05. The van der Waals surface area contributed by atoms with E-state index in [9.17, 15) is 4.79 Å². The third kappa shape index (κ3) is 2.78. The van der Waals surface area contributed by atoms with Crippen molar-refractivity contribution in [3.8, 4) is 0 Å². The van der Waals surface area contributed by atoms with Crippen molar-refractivity contribution >= 4 is 29.0 Å². The molecule has 1 aromatic heterocycles. The second-order valence-electron chi connectivity index (χ2n) is 3.78. The van der Waals surface area contributed by atoms with Gasteiger partial charge in [0.15, 0.2) is 5.82 Å². The number of amides is 1. The van der Waals surface area contributed by atoms with Crippen molar-refractivity contribution in [2.24, 2.45) is 0 Å². The van der Waals surface area contributed by atoms with Crippen LogP contribution in [-0.4, -0.2) is 16.2 Å². The summed E-state index contributed by atoms with van der Waals surface area (Å²) in [6.07, 6.45) is 0.00128. The lowest BCUT2D eigenvalue weighted by molar-refractivity contribution is -0.115. The molecule has 0 unspecified atom stereocenters. The molecule has 0 aliphatic heterocycles. The normalized spacial score (nSPS) is 10.3. The van der Waals surface area contributed by atoms with Crippen molar-refractivity contribution < 1.29 is 9.42 Å². The van der Waals surface area contributed by atoms with Gasteiger partial charge in [0.1, 0.15) is 5.69 Å². The minimum absolute atomic E-state index is 0.00128. The average molecular weight is 267 g/mol. The number of halogens is 1. The second-order valence-corrected chi connectivity index (χ2v) is 4.22. The summed E-state index contributed by atoms with van der Waals surface area (Å²) in [7, 11) is 0. The number of nitrogens with one attached hydrogen (secondary N) is 1. The molecule has 3 N–H and O–H groups in total. The highest BCUT2D eigenvalue weighted by molar-refractivity contribution is 6.31. The maximum atomic E-state index is 11.8. The zero-order valence-corrected chi connectivity index (χ0v) is 10.4. The van der Waals surface area contributed by atoms with Crippen LogP contribution in [0.1, 0.15) is 11.3 Å². The van der Waals surface area contributed by atoms with Crippen molar-refractivity contribution in [3.63, 3.8) is 0 Å². The fourth-order valence-electron chi connectivity index (χ4n) is 1.41. The quantitative estimate of drug-likeness (QED) is 0.883. The Morgan fingerprint density at radius 3 is 2.94 bits per heavy atom. The van der Waals surface area contributed by atoms with Gasteiger partial charge in [0.25, 0.3) is 0 Å². The van der Waals surface area contributed by atoms with Gasteiger partial charge in [-0.3, -0.25) is 4.79 Å². The maximum absolute atomic E-state index is 11.8. The summed E-state index contributed by atoms with van der Waals surface area (Å²) in [6.45, 7) is 1.87. The summed E-state index contributed by atoms with van der Waals surface area (Å²) in [6, 6.07) is 5.26. The summed E-state index contributed by atoms with van der Waals surface area (Å²) in [5.41, 5.74) is 7.35. The molecule has 0 atom stereocenters. The molecule has 7 heteroatoms. The summed E-state index contributed by atoms with van der Waals surface area (Å²) >= 11 is 5.86. The Bertz CT molecular complexity index is 582. The highest BCUT2D eigenvalue weighted by Gasteiger charge is 2.12. The van der Waals surface area contributed by atoms with Crippen molar-refractivity contribution in [2.75, 3.05) is 11.1 Å². The Morgan fingerprint density at radius 1 is 1.50 bits per heavy atom. The van der Waals surface area contributed by atoms with Crippen LogP contribution in [0.2, 0.25) is 5.02 Å². The molecule has 0 spiro atoms. The van der Waals surface area contributed by atoms with Crippen molar-refractivity contribution in [3.05, 3.63) is 34.5 Å². The number of nitrogens with zero attached hydrogens (tertiary/aromatic N) is 2. The third-order valence-electron chi connectivity index (χ3n) is 2.39. The van der Waals surface area contributed by atoms with E-state index < -0.39 is 0 Å². The van der Waals surface area contributed by atoms with Crippen LogP contribution in [0.4, 0.5) is 11.5 Å². The average Bonchev–Trinajstić information content (AvgIpc) is 2.70. The lowest BCUT2D eigenvalue weighted by Gasteiger charge is -2.07. The molecule has 1 heterocycles. The Labute approximate surface area is 108 Å². The molecule has 0 aliphatic rings.